The van der Waals surface area contributed by atoms with Crippen molar-refractivity contribution in [3.8, 4) is 22.1 Å². The van der Waals surface area contributed by atoms with Crippen LogP contribution in [0.2, 0.25) is 0 Å². The van der Waals surface area contributed by atoms with Gasteiger partial charge in [0.05, 0.1) is 32.9 Å². The van der Waals surface area contributed by atoms with Gasteiger partial charge in [0.2, 0.25) is 5.91 Å². The molecule has 2 heterocycles. The molecule has 1 N–H and O–H groups in total. The van der Waals surface area contributed by atoms with E-state index in [0.29, 0.717) is 24.0 Å². The van der Waals surface area contributed by atoms with Crippen LogP contribution in [0.3, 0.4) is 0 Å². The molecule has 1 aliphatic heterocycles. The summed E-state index contributed by atoms with van der Waals surface area (Å²) in [5, 5.41) is 5.74. The van der Waals surface area contributed by atoms with Crippen LogP contribution in [-0.2, 0) is 16.0 Å². The van der Waals surface area contributed by atoms with E-state index in [1.54, 1.807) is 14.2 Å². The number of rotatable bonds is 7. The minimum absolute atomic E-state index is 0.00365. The van der Waals surface area contributed by atoms with E-state index in [-0.39, 0.29) is 12.3 Å². The van der Waals surface area contributed by atoms with Crippen molar-refractivity contribution in [1.82, 2.24) is 10.3 Å². The molecule has 0 spiro atoms. The number of nitrogens with one attached hydrogen (secondary N) is 1. The van der Waals surface area contributed by atoms with Crippen LogP contribution in [-0.4, -0.2) is 44.9 Å². The van der Waals surface area contributed by atoms with E-state index in [1.165, 1.54) is 11.3 Å². The molecule has 6 nitrogen and oxygen atoms in total. The molecule has 1 atom stereocenters. The van der Waals surface area contributed by atoms with Gasteiger partial charge in [-0.05, 0) is 24.6 Å². The number of ether oxygens (including phenoxy) is 3. The summed E-state index contributed by atoms with van der Waals surface area (Å²) in [5.41, 5.74) is 1.72. The van der Waals surface area contributed by atoms with Gasteiger partial charge in [-0.1, -0.05) is 0 Å². The highest BCUT2D eigenvalue weighted by molar-refractivity contribution is 7.13. The molecule has 1 saturated heterocycles. The molecular weight excluding hydrogens is 340 g/mol. The van der Waals surface area contributed by atoms with E-state index in [9.17, 15) is 4.79 Å². The Kier molecular flexibility index (Phi) is 5.88. The van der Waals surface area contributed by atoms with Crippen molar-refractivity contribution in [3.63, 3.8) is 0 Å². The van der Waals surface area contributed by atoms with E-state index in [4.69, 9.17) is 14.2 Å². The lowest BCUT2D eigenvalue weighted by atomic mass is 10.1. The van der Waals surface area contributed by atoms with Gasteiger partial charge in [-0.2, -0.15) is 0 Å². The van der Waals surface area contributed by atoms with E-state index < -0.39 is 0 Å². The number of amides is 1. The second-order valence-electron chi connectivity index (χ2n) is 5.92. The maximum absolute atomic E-state index is 12.1. The number of carbonyl (C=O) groups excluding carboxylic acids is 1. The Morgan fingerprint density at radius 3 is 2.92 bits per heavy atom. The van der Waals surface area contributed by atoms with Crippen LogP contribution in [0.4, 0.5) is 0 Å². The highest BCUT2D eigenvalue weighted by Gasteiger charge is 2.17. The first kappa shape index (κ1) is 17.7. The van der Waals surface area contributed by atoms with Crippen molar-refractivity contribution < 1.29 is 19.0 Å². The lowest BCUT2D eigenvalue weighted by molar-refractivity contribution is -0.120. The first-order valence-electron chi connectivity index (χ1n) is 8.21. The molecule has 1 fully saturated rings. The summed E-state index contributed by atoms with van der Waals surface area (Å²) in [6.45, 7) is 2.20. The zero-order valence-corrected chi connectivity index (χ0v) is 15.2. The smallest absolute Gasteiger partial charge is 0.226 e. The van der Waals surface area contributed by atoms with Crippen LogP contribution >= 0.6 is 11.3 Å². The van der Waals surface area contributed by atoms with Crippen LogP contribution in [0.5, 0.6) is 11.5 Å². The molecule has 1 aromatic heterocycles. The molecule has 0 radical (unpaired) electrons. The third-order valence-corrected chi connectivity index (χ3v) is 5.08. The number of benzene rings is 1. The molecule has 25 heavy (non-hydrogen) atoms. The third-order valence-electron chi connectivity index (χ3n) is 4.14. The van der Waals surface area contributed by atoms with Crippen molar-refractivity contribution >= 4 is 17.2 Å². The Morgan fingerprint density at radius 2 is 2.20 bits per heavy atom. The fourth-order valence-electron chi connectivity index (χ4n) is 2.72. The first-order chi connectivity index (χ1) is 12.2. The van der Waals surface area contributed by atoms with Crippen LogP contribution in [0.15, 0.2) is 23.6 Å². The number of hydrogen-bond donors (Lipinski definition) is 1. The lowest BCUT2D eigenvalue weighted by Crippen LogP contribution is -2.30. The minimum Gasteiger partial charge on any atom is -0.493 e. The highest BCUT2D eigenvalue weighted by Crippen LogP contribution is 2.33. The molecule has 0 bridgehead atoms. The Bertz CT molecular complexity index is 726. The Balaban J connectivity index is 1.60. The largest absolute Gasteiger partial charge is 0.493 e. The third kappa shape index (κ3) is 4.49. The molecule has 7 heteroatoms. The molecule has 2 aromatic rings. The van der Waals surface area contributed by atoms with E-state index in [0.717, 1.165) is 35.9 Å². The van der Waals surface area contributed by atoms with Crippen LogP contribution < -0.4 is 14.8 Å². The molecule has 1 unspecified atom stereocenters. The molecular formula is C18H22N2O4S. The Hall–Kier alpha value is -2.12. The summed E-state index contributed by atoms with van der Waals surface area (Å²) in [6.07, 6.45) is 1.30. The van der Waals surface area contributed by atoms with Crippen LogP contribution in [0.25, 0.3) is 10.6 Å². The number of methoxy groups -OCH3 is 2. The number of thiazole rings is 1. The van der Waals surface area contributed by atoms with Crippen molar-refractivity contribution in [2.45, 2.75) is 12.8 Å². The molecule has 3 rings (SSSR count). The molecule has 1 aliphatic rings. The normalized spacial score (nSPS) is 16.6. The molecule has 1 amide bonds. The van der Waals surface area contributed by atoms with Gasteiger partial charge in [-0.25, -0.2) is 4.98 Å². The van der Waals surface area contributed by atoms with Gasteiger partial charge in [0.15, 0.2) is 11.5 Å². The Morgan fingerprint density at radius 1 is 1.36 bits per heavy atom. The number of carbonyl (C=O) groups is 1. The monoisotopic (exact) mass is 362 g/mol. The number of nitrogens with zero attached hydrogens (tertiary/aromatic N) is 1. The standard InChI is InChI=1S/C18H22N2O4S/c1-22-15-4-3-13(7-16(15)23-2)18-20-14(11-25-18)8-17(21)19-9-12-5-6-24-10-12/h3-4,7,11-12H,5-6,8-10H2,1-2H3,(H,19,21). The molecule has 0 aliphatic carbocycles. The van der Waals surface area contributed by atoms with Gasteiger partial charge in [0.25, 0.3) is 0 Å². The topological polar surface area (TPSA) is 69.7 Å². The SMILES string of the molecule is COc1ccc(-c2nc(CC(=O)NCC3CCOC3)cs2)cc1OC. The summed E-state index contributed by atoms with van der Waals surface area (Å²) < 4.78 is 15.9. The number of aromatic nitrogens is 1. The van der Waals surface area contributed by atoms with Gasteiger partial charge < -0.3 is 19.5 Å². The van der Waals surface area contributed by atoms with E-state index >= 15 is 0 Å². The summed E-state index contributed by atoms with van der Waals surface area (Å²) in [5.74, 6) is 1.77. The summed E-state index contributed by atoms with van der Waals surface area (Å²) in [6, 6.07) is 5.68. The van der Waals surface area contributed by atoms with Gasteiger partial charge in [0, 0.05) is 30.0 Å². The summed E-state index contributed by atoms with van der Waals surface area (Å²) in [4.78, 5) is 16.6. The highest BCUT2D eigenvalue weighted by atomic mass is 32.1. The first-order valence-corrected chi connectivity index (χ1v) is 9.09. The maximum atomic E-state index is 12.1. The van der Waals surface area contributed by atoms with Gasteiger partial charge in [-0.3, -0.25) is 4.79 Å². The van der Waals surface area contributed by atoms with Crippen LogP contribution in [0, 0.1) is 5.92 Å². The zero-order valence-electron chi connectivity index (χ0n) is 14.4. The minimum atomic E-state index is -0.00365. The van der Waals surface area contributed by atoms with Crippen LogP contribution in [0.1, 0.15) is 12.1 Å². The lowest BCUT2D eigenvalue weighted by Gasteiger charge is -2.08. The second-order valence-corrected chi connectivity index (χ2v) is 6.78. The molecule has 0 saturated carbocycles. The van der Waals surface area contributed by atoms with Crippen molar-refractivity contribution in [3.05, 3.63) is 29.3 Å². The quantitative estimate of drug-likeness (QED) is 0.820. The van der Waals surface area contributed by atoms with Gasteiger partial charge in [0.1, 0.15) is 5.01 Å². The summed E-state index contributed by atoms with van der Waals surface area (Å²) >= 11 is 1.51. The average molecular weight is 362 g/mol. The van der Waals surface area contributed by atoms with Crippen molar-refractivity contribution in [2.24, 2.45) is 5.92 Å². The second kappa shape index (κ2) is 8.31. The van der Waals surface area contributed by atoms with Gasteiger partial charge >= 0.3 is 0 Å². The van der Waals surface area contributed by atoms with Crippen molar-refractivity contribution in [2.75, 3.05) is 34.0 Å². The number of hydrogen-bond acceptors (Lipinski definition) is 6. The predicted molar refractivity (Wildman–Crippen MR) is 96.3 cm³/mol. The predicted octanol–water partition coefficient (Wildman–Crippen LogP) is 2.52. The summed E-state index contributed by atoms with van der Waals surface area (Å²) in [7, 11) is 3.21. The van der Waals surface area contributed by atoms with E-state index in [2.05, 4.69) is 10.3 Å². The molecule has 1 aromatic carbocycles. The van der Waals surface area contributed by atoms with E-state index in [1.807, 2.05) is 23.6 Å². The Labute approximate surface area is 151 Å². The fraction of sp³-hybridized carbons (Fsp3) is 0.444. The molecule has 134 valence electrons. The maximum Gasteiger partial charge on any atom is 0.226 e. The van der Waals surface area contributed by atoms with Gasteiger partial charge in [-0.15, -0.1) is 11.3 Å². The van der Waals surface area contributed by atoms with Crippen molar-refractivity contribution in [1.29, 1.82) is 0 Å². The average Bonchev–Trinajstić information content (AvgIpc) is 3.31. The fourth-order valence-corrected chi connectivity index (χ4v) is 3.54. The zero-order chi connectivity index (χ0) is 17.6.